The molecule has 2 nitrogen and oxygen atoms in total. The Kier molecular flexibility index (Phi) is 3.65. The number of para-hydroxylation sites is 1. The van der Waals surface area contributed by atoms with E-state index in [2.05, 4.69) is 4.98 Å². The Hall–Kier alpha value is -2.68. The molecule has 0 bridgehead atoms. The molecule has 1 heterocycles. The standard InChI is InChI=1S/C18H14FNO/c1-21-18-11-7-13(12-16(18)19)6-9-15-10-8-14-4-2-3-5-17(14)20-15/h2-12H,1H3/b9-6+. The SMILES string of the molecule is COc1ccc(/C=C/c2ccc3ccccc3n2)cc1F. The van der Waals surface area contributed by atoms with Crippen LogP contribution in [0, 0.1) is 5.82 Å². The number of hydrogen-bond donors (Lipinski definition) is 0. The van der Waals surface area contributed by atoms with Gasteiger partial charge in [0.25, 0.3) is 0 Å². The monoisotopic (exact) mass is 279 g/mol. The molecule has 0 unspecified atom stereocenters. The topological polar surface area (TPSA) is 22.1 Å². The van der Waals surface area contributed by atoms with Crippen LogP contribution in [-0.2, 0) is 0 Å². The highest BCUT2D eigenvalue weighted by molar-refractivity contribution is 5.80. The zero-order valence-electron chi connectivity index (χ0n) is 11.6. The number of halogens is 1. The highest BCUT2D eigenvalue weighted by Crippen LogP contribution is 2.19. The molecule has 3 heteroatoms. The molecule has 2 aromatic carbocycles. The van der Waals surface area contributed by atoms with E-state index in [-0.39, 0.29) is 11.6 Å². The van der Waals surface area contributed by atoms with Gasteiger partial charge in [-0.25, -0.2) is 9.37 Å². The normalized spacial score (nSPS) is 11.1. The van der Waals surface area contributed by atoms with Crippen LogP contribution in [0.15, 0.2) is 54.6 Å². The van der Waals surface area contributed by atoms with E-state index in [9.17, 15) is 4.39 Å². The van der Waals surface area contributed by atoms with E-state index >= 15 is 0 Å². The molecule has 0 aliphatic rings. The Morgan fingerprint density at radius 1 is 1.00 bits per heavy atom. The lowest BCUT2D eigenvalue weighted by molar-refractivity contribution is 0.386. The highest BCUT2D eigenvalue weighted by Gasteiger charge is 2.01. The lowest BCUT2D eigenvalue weighted by Crippen LogP contribution is -1.88. The number of nitrogens with zero attached hydrogens (tertiary/aromatic N) is 1. The summed E-state index contributed by atoms with van der Waals surface area (Å²) in [4.78, 5) is 4.54. The maximum absolute atomic E-state index is 13.6. The number of methoxy groups -OCH3 is 1. The molecule has 3 aromatic rings. The predicted molar refractivity (Wildman–Crippen MR) is 83.6 cm³/mol. The molecule has 0 aliphatic carbocycles. The fourth-order valence-corrected chi connectivity index (χ4v) is 2.14. The molecule has 0 spiro atoms. The van der Waals surface area contributed by atoms with Gasteiger partial charge in [0, 0.05) is 5.39 Å². The zero-order valence-corrected chi connectivity index (χ0v) is 11.6. The second kappa shape index (κ2) is 5.75. The molecule has 0 radical (unpaired) electrons. The van der Waals surface area contributed by atoms with Crippen molar-refractivity contribution in [2.75, 3.05) is 7.11 Å². The third-order valence-corrected chi connectivity index (χ3v) is 3.24. The average molecular weight is 279 g/mol. The fourth-order valence-electron chi connectivity index (χ4n) is 2.14. The van der Waals surface area contributed by atoms with Crippen LogP contribution >= 0.6 is 0 Å². The summed E-state index contributed by atoms with van der Waals surface area (Å²) in [6.07, 6.45) is 3.70. The molecule has 0 saturated carbocycles. The second-order valence-corrected chi connectivity index (χ2v) is 4.66. The van der Waals surface area contributed by atoms with E-state index < -0.39 is 0 Å². The Morgan fingerprint density at radius 2 is 1.86 bits per heavy atom. The molecule has 0 N–H and O–H groups in total. The van der Waals surface area contributed by atoms with Crippen molar-refractivity contribution in [3.05, 3.63) is 71.7 Å². The molecule has 0 amide bonds. The predicted octanol–water partition coefficient (Wildman–Crippen LogP) is 4.55. The first-order valence-corrected chi connectivity index (χ1v) is 6.64. The Labute approximate surface area is 122 Å². The van der Waals surface area contributed by atoms with Crippen molar-refractivity contribution in [2.45, 2.75) is 0 Å². The summed E-state index contributed by atoms with van der Waals surface area (Å²) < 4.78 is 18.5. The van der Waals surface area contributed by atoms with Crippen molar-refractivity contribution in [2.24, 2.45) is 0 Å². The Balaban J connectivity index is 1.88. The van der Waals surface area contributed by atoms with Crippen molar-refractivity contribution in [1.82, 2.24) is 4.98 Å². The summed E-state index contributed by atoms with van der Waals surface area (Å²) in [7, 11) is 1.45. The molecule has 1 aromatic heterocycles. The molecule has 3 rings (SSSR count). The molecule has 0 atom stereocenters. The van der Waals surface area contributed by atoms with Gasteiger partial charge in [-0.1, -0.05) is 36.4 Å². The smallest absolute Gasteiger partial charge is 0.165 e. The highest BCUT2D eigenvalue weighted by atomic mass is 19.1. The zero-order chi connectivity index (χ0) is 14.7. The maximum Gasteiger partial charge on any atom is 0.165 e. The van der Waals surface area contributed by atoms with Crippen LogP contribution in [0.3, 0.4) is 0 Å². The van der Waals surface area contributed by atoms with E-state index in [0.29, 0.717) is 0 Å². The van der Waals surface area contributed by atoms with Gasteiger partial charge in [0.15, 0.2) is 11.6 Å². The van der Waals surface area contributed by atoms with Crippen LogP contribution < -0.4 is 4.74 Å². The summed E-state index contributed by atoms with van der Waals surface area (Å²) in [6, 6.07) is 16.8. The lowest BCUT2D eigenvalue weighted by atomic mass is 10.1. The van der Waals surface area contributed by atoms with Gasteiger partial charge in [-0.2, -0.15) is 0 Å². The van der Waals surface area contributed by atoms with Crippen LogP contribution in [0.2, 0.25) is 0 Å². The van der Waals surface area contributed by atoms with Gasteiger partial charge in [-0.05, 0) is 35.9 Å². The number of fused-ring (bicyclic) bond motifs is 1. The van der Waals surface area contributed by atoms with Crippen LogP contribution in [0.5, 0.6) is 5.75 Å². The largest absolute Gasteiger partial charge is 0.494 e. The minimum atomic E-state index is -0.369. The van der Waals surface area contributed by atoms with Gasteiger partial charge in [0.2, 0.25) is 0 Å². The molecular weight excluding hydrogens is 265 g/mol. The summed E-state index contributed by atoms with van der Waals surface area (Å²) in [5, 5.41) is 1.10. The third-order valence-electron chi connectivity index (χ3n) is 3.24. The third kappa shape index (κ3) is 2.92. The van der Waals surface area contributed by atoms with Crippen molar-refractivity contribution in [3.63, 3.8) is 0 Å². The van der Waals surface area contributed by atoms with Gasteiger partial charge < -0.3 is 4.74 Å². The van der Waals surface area contributed by atoms with Crippen LogP contribution in [0.25, 0.3) is 23.1 Å². The minimum Gasteiger partial charge on any atom is -0.494 e. The summed E-state index contributed by atoms with van der Waals surface area (Å²) in [6.45, 7) is 0. The average Bonchev–Trinajstić information content (AvgIpc) is 2.53. The van der Waals surface area contributed by atoms with Crippen LogP contribution in [-0.4, -0.2) is 12.1 Å². The number of ether oxygens (including phenoxy) is 1. The van der Waals surface area contributed by atoms with E-state index in [1.165, 1.54) is 13.2 Å². The minimum absolute atomic E-state index is 0.246. The van der Waals surface area contributed by atoms with Gasteiger partial charge >= 0.3 is 0 Å². The molecule has 0 aliphatic heterocycles. The quantitative estimate of drug-likeness (QED) is 0.701. The van der Waals surface area contributed by atoms with Crippen LogP contribution in [0.4, 0.5) is 4.39 Å². The first kappa shape index (κ1) is 13.3. The summed E-state index contributed by atoms with van der Waals surface area (Å²) >= 11 is 0. The van der Waals surface area contributed by atoms with Gasteiger partial charge in [0.1, 0.15) is 0 Å². The number of benzene rings is 2. The van der Waals surface area contributed by atoms with Crippen molar-refractivity contribution in [1.29, 1.82) is 0 Å². The van der Waals surface area contributed by atoms with E-state index in [1.807, 2.05) is 48.6 Å². The molecule has 21 heavy (non-hydrogen) atoms. The second-order valence-electron chi connectivity index (χ2n) is 4.66. The Bertz CT molecular complexity index is 811. The van der Waals surface area contributed by atoms with Gasteiger partial charge in [0.05, 0.1) is 18.3 Å². The van der Waals surface area contributed by atoms with E-state index in [0.717, 1.165) is 22.2 Å². The lowest BCUT2D eigenvalue weighted by Gasteiger charge is -2.02. The molecule has 0 saturated heterocycles. The van der Waals surface area contributed by atoms with Crippen molar-refractivity contribution in [3.8, 4) is 5.75 Å². The number of pyridine rings is 1. The van der Waals surface area contributed by atoms with Crippen molar-refractivity contribution < 1.29 is 9.13 Å². The molecule has 104 valence electrons. The summed E-state index contributed by atoms with van der Waals surface area (Å²) in [5.41, 5.74) is 2.55. The van der Waals surface area contributed by atoms with Crippen LogP contribution in [0.1, 0.15) is 11.3 Å². The van der Waals surface area contributed by atoms with E-state index in [4.69, 9.17) is 4.74 Å². The van der Waals surface area contributed by atoms with Gasteiger partial charge in [-0.3, -0.25) is 0 Å². The number of aromatic nitrogens is 1. The number of hydrogen-bond acceptors (Lipinski definition) is 2. The molecule has 0 fully saturated rings. The first-order chi connectivity index (χ1) is 10.3. The van der Waals surface area contributed by atoms with E-state index in [1.54, 1.807) is 12.1 Å². The Morgan fingerprint density at radius 3 is 2.67 bits per heavy atom. The van der Waals surface area contributed by atoms with Gasteiger partial charge in [-0.15, -0.1) is 0 Å². The summed E-state index contributed by atoms with van der Waals surface area (Å²) in [5.74, 6) is -0.123. The van der Waals surface area contributed by atoms with Crippen molar-refractivity contribution >= 4 is 23.1 Å². The first-order valence-electron chi connectivity index (χ1n) is 6.64. The number of rotatable bonds is 3. The fraction of sp³-hybridized carbons (Fsp3) is 0.0556. The maximum atomic E-state index is 13.6. The molecular formula is C18H14FNO.